The minimum absolute atomic E-state index is 0.183. The number of methoxy groups -OCH3 is 1. The molecule has 0 aliphatic carbocycles. The maximum Gasteiger partial charge on any atom is 0.306 e. The molecule has 0 amide bonds. The number of benzene rings is 1. The zero-order valence-electron chi connectivity index (χ0n) is 10.5. The van der Waals surface area contributed by atoms with Crippen molar-refractivity contribution in [1.29, 1.82) is 0 Å². The highest BCUT2D eigenvalue weighted by Gasteiger charge is 2.02. The molecule has 0 saturated heterocycles. The van der Waals surface area contributed by atoms with Crippen molar-refractivity contribution in [3.63, 3.8) is 0 Å². The highest BCUT2D eigenvalue weighted by molar-refractivity contribution is 5.69. The fourth-order valence-corrected chi connectivity index (χ4v) is 1.29. The van der Waals surface area contributed by atoms with Gasteiger partial charge in [-0.15, -0.1) is 0 Å². The van der Waals surface area contributed by atoms with Gasteiger partial charge in [-0.05, 0) is 30.7 Å². The fraction of sp³-hybridized carbons (Fsp3) is 0.357. The van der Waals surface area contributed by atoms with Gasteiger partial charge < -0.3 is 9.47 Å². The summed E-state index contributed by atoms with van der Waals surface area (Å²) in [4.78, 5) is 11.0. The summed E-state index contributed by atoms with van der Waals surface area (Å²) < 4.78 is 10.2. The second-order valence-corrected chi connectivity index (χ2v) is 3.68. The van der Waals surface area contributed by atoms with Crippen molar-refractivity contribution in [2.45, 2.75) is 26.4 Å². The molecule has 0 fully saturated rings. The number of carbonyl (C=O) groups excluding carboxylic acids is 1. The lowest BCUT2D eigenvalue weighted by atomic mass is 10.2. The Kier molecular flexibility index (Phi) is 5.27. The molecule has 1 aromatic rings. The fourth-order valence-electron chi connectivity index (χ4n) is 1.29. The Morgan fingerprint density at radius 3 is 2.53 bits per heavy atom. The molecule has 1 atom stereocenters. The molecule has 0 aliphatic heterocycles. The zero-order chi connectivity index (χ0) is 12.7. The minimum atomic E-state index is -0.204. The molecule has 0 N–H and O–H groups in total. The van der Waals surface area contributed by atoms with Crippen LogP contribution < -0.4 is 4.74 Å². The third-order valence-corrected chi connectivity index (χ3v) is 2.28. The topological polar surface area (TPSA) is 35.5 Å². The summed E-state index contributed by atoms with van der Waals surface area (Å²) in [7, 11) is 1.64. The molecule has 1 aromatic carbocycles. The van der Waals surface area contributed by atoms with Crippen molar-refractivity contribution in [3.05, 3.63) is 35.9 Å². The van der Waals surface area contributed by atoms with Crippen molar-refractivity contribution >= 4 is 12.0 Å². The van der Waals surface area contributed by atoms with Crippen LogP contribution in [0.4, 0.5) is 0 Å². The summed E-state index contributed by atoms with van der Waals surface area (Å²) in [5, 5.41) is 0. The zero-order valence-corrected chi connectivity index (χ0v) is 10.5. The average Bonchev–Trinajstić information content (AvgIpc) is 2.36. The molecule has 3 heteroatoms. The molecule has 0 aliphatic rings. The molecule has 0 aromatic heterocycles. The van der Waals surface area contributed by atoms with E-state index in [1.165, 1.54) is 0 Å². The van der Waals surface area contributed by atoms with Crippen LogP contribution in [0.15, 0.2) is 30.3 Å². The van der Waals surface area contributed by atoms with Gasteiger partial charge in [-0.1, -0.05) is 25.1 Å². The van der Waals surface area contributed by atoms with E-state index in [0.29, 0.717) is 6.42 Å². The van der Waals surface area contributed by atoms with Gasteiger partial charge in [0.2, 0.25) is 0 Å². The van der Waals surface area contributed by atoms with Gasteiger partial charge >= 0.3 is 5.97 Å². The Morgan fingerprint density at radius 2 is 2.00 bits per heavy atom. The lowest BCUT2D eigenvalue weighted by Gasteiger charge is -2.07. The molecule has 17 heavy (non-hydrogen) atoms. The third kappa shape index (κ3) is 4.72. The quantitative estimate of drug-likeness (QED) is 0.734. The van der Waals surface area contributed by atoms with Crippen LogP contribution in [-0.4, -0.2) is 19.2 Å². The second-order valence-electron chi connectivity index (χ2n) is 3.68. The van der Waals surface area contributed by atoms with E-state index < -0.39 is 0 Å². The predicted octanol–water partition coefficient (Wildman–Crippen LogP) is 3.05. The first-order valence-corrected chi connectivity index (χ1v) is 5.67. The van der Waals surface area contributed by atoms with Crippen molar-refractivity contribution in [2.75, 3.05) is 7.11 Å². The van der Waals surface area contributed by atoms with Crippen molar-refractivity contribution in [2.24, 2.45) is 0 Å². The Morgan fingerprint density at radius 1 is 1.35 bits per heavy atom. The molecule has 0 spiro atoms. The molecule has 3 nitrogen and oxygen atoms in total. The highest BCUT2D eigenvalue weighted by atomic mass is 16.5. The van der Waals surface area contributed by atoms with Crippen molar-refractivity contribution < 1.29 is 14.3 Å². The van der Waals surface area contributed by atoms with Crippen molar-refractivity contribution in [1.82, 2.24) is 0 Å². The molecule has 0 saturated carbocycles. The lowest BCUT2D eigenvalue weighted by Crippen LogP contribution is -2.10. The Balaban J connectivity index is 2.54. The minimum Gasteiger partial charge on any atom is -0.497 e. The van der Waals surface area contributed by atoms with E-state index >= 15 is 0 Å². The van der Waals surface area contributed by atoms with E-state index in [-0.39, 0.29) is 12.1 Å². The van der Waals surface area contributed by atoms with E-state index in [1.807, 2.05) is 43.3 Å². The van der Waals surface area contributed by atoms with Crippen LogP contribution in [0.5, 0.6) is 5.75 Å². The van der Waals surface area contributed by atoms with E-state index in [1.54, 1.807) is 14.0 Å². The van der Waals surface area contributed by atoms with Gasteiger partial charge in [-0.2, -0.15) is 0 Å². The number of esters is 1. The second kappa shape index (κ2) is 6.74. The molecule has 0 bridgehead atoms. The molecule has 0 unspecified atom stereocenters. The van der Waals surface area contributed by atoms with Gasteiger partial charge in [0, 0.05) is 6.42 Å². The Bertz CT molecular complexity index is 379. The molecule has 0 heterocycles. The standard InChI is InChI=1S/C14H18O3/c1-4-14(15)17-11(2)5-6-12-7-9-13(16-3)10-8-12/h5-11H,4H2,1-3H3/b6-5+/t11-/m1/s1. The first-order chi connectivity index (χ1) is 8.15. The monoisotopic (exact) mass is 234 g/mol. The summed E-state index contributed by atoms with van der Waals surface area (Å²) >= 11 is 0. The molecule has 0 radical (unpaired) electrons. The van der Waals surface area contributed by atoms with Crippen LogP contribution in [0.25, 0.3) is 6.08 Å². The Labute approximate surface area is 102 Å². The predicted molar refractivity (Wildman–Crippen MR) is 67.9 cm³/mol. The third-order valence-electron chi connectivity index (χ3n) is 2.28. The summed E-state index contributed by atoms with van der Waals surface area (Å²) in [6.45, 7) is 3.62. The maximum absolute atomic E-state index is 11.0. The first kappa shape index (κ1) is 13.3. The van der Waals surface area contributed by atoms with Gasteiger partial charge in [-0.3, -0.25) is 4.79 Å². The number of ether oxygens (including phenoxy) is 2. The molecule has 1 rings (SSSR count). The maximum atomic E-state index is 11.0. The smallest absolute Gasteiger partial charge is 0.306 e. The van der Waals surface area contributed by atoms with Crippen molar-refractivity contribution in [3.8, 4) is 5.75 Å². The summed E-state index contributed by atoms with van der Waals surface area (Å²) in [5.74, 6) is 0.643. The Hall–Kier alpha value is -1.77. The van der Waals surface area contributed by atoms with Gasteiger partial charge in [0.1, 0.15) is 11.9 Å². The summed E-state index contributed by atoms with van der Waals surface area (Å²) in [6, 6.07) is 7.68. The normalized spacial score (nSPS) is 12.4. The molecular formula is C14H18O3. The van der Waals surface area contributed by atoms with Gasteiger partial charge in [-0.25, -0.2) is 0 Å². The molecular weight excluding hydrogens is 216 g/mol. The number of hydrogen-bond donors (Lipinski definition) is 0. The van der Waals surface area contributed by atoms with Crippen LogP contribution in [0.1, 0.15) is 25.8 Å². The van der Waals surface area contributed by atoms with Crippen LogP contribution >= 0.6 is 0 Å². The van der Waals surface area contributed by atoms with Gasteiger partial charge in [0.05, 0.1) is 7.11 Å². The van der Waals surface area contributed by atoms with E-state index in [9.17, 15) is 4.79 Å². The number of hydrogen-bond acceptors (Lipinski definition) is 3. The molecule has 92 valence electrons. The largest absolute Gasteiger partial charge is 0.497 e. The highest BCUT2D eigenvalue weighted by Crippen LogP contribution is 2.12. The van der Waals surface area contributed by atoms with E-state index in [2.05, 4.69) is 0 Å². The van der Waals surface area contributed by atoms with Crippen LogP contribution in [-0.2, 0) is 9.53 Å². The van der Waals surface area contributed by atoms with Crippen LogP contribution in [0, 0.1) is 0 Å². The number of rotatable bonds is 5. The SMILES string of the molecule is CCC(=O)O[C@H](C)/C=C/c1ccc(OC)cc1. The van der Waals surface area contributed by atoms with Crippen LogP contribution in [0.2, 0.25) is 0 Å². The lowest BCUT2D eigenvalue weighted by molar-refractivity contribution is -0.145. The van der Waals surface area contributed by atoms with Gasteiger partial charge in [0.15, 0.2) is 0 Å². The van der Waals surface area contributed by atoms with E-state index in [4.69, 9.17) is 9.47 Å². The van der Waals surface area contributed by atoms with Gasteiger partial charge in [0.25, 0.3) is 0 Å². The van der Waals surface area contributed by atoms with E-state index in [0.717, 1.165) is 11.3 Å². The first-order valence-electron chi connectivity index (χ1n) is 5.67. The van der Waals surface area contributed by atoms with Crippen LogP contribution in [0.3, 0.4) is 0 Å². The average molecular weight is 234 g/mol. The summed E-state index contributed by atoms with van der Waals surface area (Å²) in [5.41, 5.74) is 1.05. The number of carbonyl (C=O) groups is 1. The summed E-state index contributed by atoms with van der Waals surface area (Å²) in [6.07, 6.45) is 3.98.